The van der Waals surface area contributed by atoms with E-state index in [0.29, 0.717) is 13.2 Å². The molecule has 1 saturated heterocycles. The highest BCUT2D eigenvalue weighted by Crippen LogP contribution is 2.22. The Kier molecular flexibility index (Phi) is 3.46. The van der Waals surface area contributed by atoms with Crippen LogP contribution in [0.2, 0.25) is 0 Å². The summed E-state index contributed by atoms with van der Waals surface area (Å²) in [7, 11) is 1.98. The van der Waals surface area contributed by atoms with Gasteiger partial charge in [-0.2, -0.15) is 5.10 Å². The van der Waals surface area contributed by atoms with E-state index in [-0.39, 0.29) is 6.29 Å². The van der Waals surface area contributed by atoms with Crippen molar-refractivity contribution in [3.8, 4) is 0 Å². The van der Waals surface area contributed by atoms with Crippen molar-refractivity contribution in [2.75, 3.05) is 26.8 Å². The molecule has 0 aliphatic carbocycles. The summed E-state index contributed by atoms with van der Waals surface area (Å²) in [5.74, 6) is 0.361. The fourth-order valence-electron chi connectivity index (χ4n) is 1.64. The maximum Gasteiger partial charge on any atom is 0.184 e. The molecule has 0 aromatic carbocycles. The molecule has 17 heavy (non-hydrogen) atoms. The van der Waals surface area contributed by atoms with Crippen LogP contribution in [0.15, 0.2) is 10.2 Å². The molecule has 1 unspecified atom stereocenters. The molecule has 1 atom stereocenters. The summed E-state index contributed by atoms with van der Waals surface area (Å²) in [5, 5.41) is 8.14. The topological polar surface area (TPSA) is 55.7 Å². The zero-order chi connectivity index (χ0) is 12.5. The van der Waals surface area contributed by atoms with Gasteiger partial charge in [-0.3, -0.25) is 0 Å². The first kappa shape index (κ1) is 12.5. The highest BCUT2D eigenvalue weighted by Gasteiger charge is 2.33. The molecule has 0 radical (unpaired) electrons. The first-order chi connectivity index (χ1) is 7.96. The summed E-state index contributed by atoms with van der Waals surface area (Å²) >= 11 is 0. The van der Waals surface area contributed by atoms with Gasteiger partial charge in [0.05, 0.1) is 18.9 Å². The molecule has 6 heteroatoms. The Labute approximate surface area is 101 Å². The second-order valence-corrected chi connectivity index (χ2v) is 4.74. The van der Waals surface area contributed by atoms with Gasteiger partial charge in [0.2, 0.25) is 0 Å². The van der Waals surface area contributed by atoms with Crippen LogP contribution in [0.1, 0.15) is 20.8 Å². The van der Waals surface area contributed by atoms with Gasteiger partial charge in [0.15, 0.2) is 12.1 Å². The minimum absolute atomic E-state index is 0.315. The van der Waals surface area contributed by atoms with Gasteiger partial charge in [-0.25, -0.2) is 0 Å². The molecule has 0 aromatic rings. The van der Waals surface area contributed by atoms with E-state index in [9.17, 15) is 0 Å². The molecule has 0 aromatic heterocycles. The first-order valence-electron chi connectivity index (χ1n) is 5.71. The third kappa shape index (κ3) is 3.24. The van der Waals surface area contributed by atoms with E-state index in [4.69, 9.17) is 14.2 Å². The lowest BCUT2D eigenvalue weighted by molar-refractivity contribution is -0.186. The monoisotopic (exact) mass is 241 g/mol. The van der Waals surface area contributed by atoms with Crippen molar-refractivity contribution in [3.05, 3.63) is 0 Å². The van der Waals surface area contributed by atoms with Gasteiger partial charge in [0.25, 0.3) is 0 Å². The lowest BCUT2D eigenvalue weighted by atomic mass is 10.3. The molecule has 0 saturated carbocycles. The standard InChI is InChI=1S/C11H19N3O3/c1-8-12-13-9(5-14(8)4)6-15-10-7-16-11(2,3)17-10/h10H,5-7H2,1-4H3. The third-order valence-electron chi connectivity index (χ3n) is 2.73. The lowest BCUT2D eigenvalue weighted by Gasteiger charge is -2.23. The summed E-state index contributed by atoms with van der Waals surface area (Å²) in [4.78, 5) is 2.03. The molecule has 0 spiro atoms. The normalized spacial score (nSPS) is 28.0. The van der Waals surface area contributed by atoms with E-state index in [1.54, 1.807) is 0 Å². The van der Waals surface area contributed by atoms with Crippen LogP contribution in [-0.4, -0.2) is 55.3 Å². The minimum Gasteiger partial charge on any atom is -0.356 e. The van der Waals surface area contributed by atoms with Crippen molar-refractivity contribution in [2.45, 2.75) is 32.8 Å². The summed E-state index contributed by atoms with van der Waals surface area (Å²) < 4.78 is 16.5. The van der Waals surface area contributed by atoms with Crippen LogP contribution in [0.5, 0.6) is 0 Å². The van der Waals surface area contributed by atoms with Gasteiger partial charge in [-0.1, -0.05) is 0 Å². The Morgan fingerprint density at radius 2 is 2.24 bits per heavy atom. The minimum atomic E-state index is -0.551. The Balaban J connectivity index is 1.80. The molecule has 0 bridgehead atoms. The predicted octanol–water partition coefficient (Wildman–Crippen LogP) is 0.832. The van der Waals surface area contributed by atoms with E-state index in [0.717, 1.165) is 18.1 Å². The zero-order valence-corrected chi connectivity index (χ0v) is 10.8. The Morgan fingerprint density at radius 1 is 1.47 bits per heavy atom. The fourth-order valence-corrected chi connectivity index (χ4v) is 1.64. The molecular weight excluding hydrogens is 222 g/mol. The van der Waals surface area contributed by atoms with E-state index < -0.39 is 5.79 Å². The molecule has 0 N–H and O–H groups in total. The smallest absolute Gasteiger partial charge is 0.184 e. The van der Waals surface area contributed by atoms with E-state index in [1.165, 1.54) is 0 Å². The van der Waals surface area contributed by atoms with Crippen LogP contribution in [0, 0.1) is 0 Å². The van der Waals surface area contributed by atoms with Crippen molar-refractivity contribution in [3.63, 3.8) is 0 Å². The number of ether oxygens (including phenoxy) is 3. The van der Waals surface area contributed by atoms with E-state index in [2.05, 4.69) is 10.2 Å². The fraction of sp³-hybridized carbons (Fsp3) is 0.818. The molecule has 1 fully saturated rings. The van der Waals surface area contributed by atoms with Crippen molar-refractivity contribution in [2.24, 2.45) is 10.2 Å². The Hall–Kier alpha value is -0.980. The van der Waals surface area contributed by atoms with E-state index in [1.807, 2.05) is 32.7 Å². The molecule has 2 aliphatic rings. The lowest BCUT2D eigenvalue weighted by Crippen LogP contribution is -2.36. The highest BCUT2D eigenvalue weighted by molar-refractivity contribution is 5.94. The van der Waals surface area contributed by atoms with Crippen LogP contribution < -0.4 is 0 Å². The number of hydrogen-bond acceptors (Lipinski definition) is 6. The quantitative estimate of drug-likeness (QED) is 0.734. The van der Waals surface area contributed by atoms with Crippen molar-refractivity contribution >= 4 is 11.5 Å². The average molecular weight is 241 g/mol. The summed E-state index contributed by atoms with van der Waals surface area (Å²) in [6, 6.07) is 0. The second-order valence-electron chi connectivity index (χ2n) is 4.74. The molecule has 6 nitrogen and oxygen atoms in total. The number of amidine groups is 1. The van der Waals surface area contributed by atoms with Gasteiger partial charge in [0.1, 0.15) is 12.4 Å². The Bertz CT molecular complexity index is 352. The molecule has 2 heterocycles. The molecule has 2 rings (SSSR count). The highest BCUT2D eigenvalue weighted by atomic mass is 16.8. The van der Waals surface area contributed by atoms with Crippen LogP contribution in [0.25, 0.3) is 0 Å². The SMILES string of the molecule is CC1=NN=C(COC2COC(C)(C)O2)CN1C. The van der Waals surface area contributed by atoms with Crippen LogP contribution in [0.4, 0.5) is 0 Å². The number of hydrogen-bond donors (Lipinski definition) is 0. The van der Waals surface area contributed by atoms with Crippen LogP contribution in [0.3, 0.4) is 0 Å². The van der Waals surface area contributed by atoms with Gasteiger partial charge in [0, 0.05) is 7.05 Å². The molecule has 2 aliphatic heterocycles. The van der Waals surface area contributed by atoms with Gasteiger partial charge in [-0.05, 0) is 20.8 Å². The number of rotatable bonds is 3. The third-order valence-corrected chi connectivity index (χ3v) is 2.73. The van der Waals surface area contributed by atoms with Crippen LogP contribution >= 0.6 is 0 Å². The van der Waals surface area contributed by atoms with Crippen molar-refractivity contribution < 1.29 is 14.2 Å². The first-order valence-corrected chi connectivity index (χ1v) is 5.71. The second kappa shape index (κ2) is 4.72. The summed E-state index contributed by atoms with van der Waals surface area (Å²) in [6.45, 7) is 7.29. The zero-order valence-electron chi connectivity index (χ0n) is 10.8. The molecular formula is C11H19N3O3. The predicted molar refractivity (Wildman–Crippen MR) is 64.0 cm³/mol. The maximum absolute atomic E-state index is 5.59. The Morgan fingerprint density at radius 3 is 2.82 bits per heavy atom. The van der Waals surface area contributed by atoms with Crippen molar-refractivity contribution in [1.29, 1.82) is 0 Å². The summed E-state index contributed by atoms with van der Waals surface area (Å²) in [6.07, 6.45) is -0.315. The van der Waals surface area contributed by atoms with Gasteiger partial charge >= 0.3 is 0 Å². The molecule has 0 amide bonds. The van der Waals surface area contributed by atoms with Gasteiger partial charge in [-0.15, -0.1) is 5.10 Å². The largest absolute Gasteiger partial charge is 0.356 e. The average Bonchev–Trinajstić information content (AvgIpc) is 2.60. The van der Waals surface area contributed by atoms with Crippen LogP contribution in [-0.2, 0) is 14.2 Å². The summed E-state index contributed by atoms with van der Waals surface area (Å²) in [5.41, 5.74) is 0.895. The number of nitrogens with zero attached hydrogens (tertiary/aromatic N) is 3. The van der Waals surface area contributed by atoms with Gasteiger partial charge < -0.3 is 19.1 Å². The van der Waals surface area contributed by atoms with E-state index >= 15 is 0 Å². The van der Waals surface area contributed by atoms with Crippen molar-refractivity contribution in [1.82, 2.24) is 4.90 Å². The molecule has 96 valence electrons. The maximum atomic E-state index is 5.59.